The average molecular weight is 249 g/mol. The molecule has 1 unspecified atom stereocenters. The standard InChI is InChI=1S/C14H19NO3/c1-18-13-6-7-15(10-13)9-12-5-3-2-4-11(12)8-14(16)17/h2-5,13H,6-10H2,1H3,(H,16,17). The summed E-state index contributed by atoms with van der Waals surface area (Å²) < 4.78 is 5.34. The third-order valence-corrected chi connectivity index (χ3v) is 3.42. The van der Waals surface area contributed by atoms with Crippen LogP contribution in [0.4, 0.5) is 0 Å². The molecule has 0 bridgehead atoms. The molecule has 1 N–H and O–H groups in total. The molecule has 1 aromatic carbocycles. The minimum Gasteiger partial charge on any atom is -0.481 e. The number of methoxy groups -OCH3 is 1. The van der Waals surface area contributed by atoms with E-state index in [1.165, 1.54) is 0 Å². The number of rotatable bonds is 5. The predicted octanol–water partition coefficient (Wildman–Crippen LogP) is 1.53. The Hall–Kier alpha value is -1.39. The van der Waals surface area contributed by atoms with Crippen molar-refractivity contribution >= 4 is 5.97 Å². The SMILES string of the molecule is COC1CCN(Cc2ccccc2CC(=O)O)C1. The first-order valence-corrected chi connectivity index (χ1v) is 6.22. The van der Waals surface area contributed by atoms with Gasteiger partial charge in [-0.2, -0.15) is 0 Å². The van der Waals surface area contributed by atoms with Gasteiger partial charge in [0.2, 0.25) is 0 Å². The fourth-order valence-electron chi connectivity index (χ4n) is 2.42. The lowest BCUT2D eigenvalue weighted by molar-refractivity contribution is -0.136. The number of aliphatic carboxylic acids is 1. The summed E-state index contributed by atoms with van der Waals surface area (Å²) in [4.78, 5) is 13.1. The molecule has 4 heteroatoms. The van der Waals surface area contributed by atoms with Crippen LogP contribution >= 0.6 is 0 Å². The van der Waals surface area contributed by atoms with Crippen LogP contribution in [0.1, 0.15) is 17.5 Å². The normalized spacial score (nSPS) is 20.2. The highest BCUT2D eigenvalue weighted by Gasteiger charge is 2.22. The molecule has 1 saturated heterocycles. The van der Waals surface area contributed by atoms with Crippen LogP contribution in [0.25, 0.3) is 0 Å². The van der Waals surface area contributed by atoms with E-state index in [0.29, 0.717) is 6.10 Å². The van der Waals surface area contributed by atoms with Crippen molar-refractivity contribution in [1.29, 1.82) is 0 Å². The highest BCUT2D eigenvalue weighted by Crippen LogP contribution is 2.18. The number of ether oxygens (including phenoxy) is 1. The van der Waals surface area contributed by atoms with Crippen LogP contribution in [-0.4, -0.2) is 42.3 Å². The molecule has 0 aromatic heterocycles. The molecule has 0 spiro atoms. The second kappa shape index (κ2) is 5.98. The first-order valence-electron chi connectivity index (χ1n) is 6.22. The number of hydrogen-bond acceptors (Lipinski definition) is 3. The molecule has 1 atom stereocenters. The first kappa shape index (κ1) is 13.1. The van der Waals surface area contributed by atoms with Crippen molar-refractivity contribution in [2.75, 3.05) is 20.2 Å². The number of carboxylic acid groups (broad SMARTS) is 1. The van der Waals surface area contributed by atoms with Gasteiger partial charge in [0.1, 0.15) is 0 Å². The van der Waals surface area contributed by atoms with Gasteiger partial charge >= 0.3 is 5.97 Å². The third kappa shape index (κ3) is 3.31. The molecule has 1 aromatic rings. The molecule has 98 valence electrons. The van der Waals surface area contributed by atoms with Crippen molar-refractivity contribution in [3.05, 3.63) is 35.4 Å². The van der Waals surface area contributed by atoms with Crippen molar-refractivity contribution in [3.8, 4) is 0 Å². The van der Waals surface area contributed by atoms with E-state index in [1.54, 1.807) is 7.11 Å². The van der Waals surface area contributed by atoms with Crippen LogP contribution in [0, 0.1) is 0 Å². The van der Waals surface area contributed by atoms with Crippen molar-refractivity contribution in [1.82, 2.24) is 4.90 Å². The van der Waals surface area contributed by atoms with Gasteiger partial charge in [-0.1, -0.05) is 24.3 Å². The van der Waals surface area contributed by atoms with E-state index in [1.807, 2.05) is 24.3 Å². The van der Waals surface area contributed by atoms with E-state index in [4.69, 9.17) is 9.84 Å². The fraction of sp³-hybridized carbons (Fsp3) is 0.500. The Kier molecular flexibility index (Phi) is 4.33. The fourth-order valence-corrected chi connectivity index (χ4v) is 2.42. The third-order valence-electron chi connectivity index (χ3n) is 3.42. The molecule has 1 aliphatic heterocycles. The molecule has 0 saturated carbocycles. The summed E-state index contributed by atoms with van der Waals surface area (Å²) in [5, 5.41) is 8.90. The Labute approximate surface area is 107 Å². The van der Waals surface area contributed by atoms with Crippen LogP contribution in [0.3, 0.4) is 0 Å². The van der Waals surface area contributed by atoms with Gasteiger partial charge in [-0.25, -0.2) is 0 Å². The number of likely N-dealkylation sites (tertiary alicyclic amines) is 1. The maximum atomic E-state index is 10.8. The topological polar surface area (TPSA) is 49.8 Å². The zero-order valence-electron chi connectivity index (χ0n) is 10.6. The van der Waals surface area contributed by atoms with E-state index < -0.39 is 5.97 Å². The van der Waals surface area contributed by atoms with Gasteiger partial charge in [0.25, 0.3) is 0 Å². The van der Waals surface area contributed by atoms with Gasteiger partial charge in [-0.3, -0.25) is 9.69 Å². The molecule has 1 fully saturated rings. The van der Waals surface area contributed by atoms with Gasteiger partial charge < -0.3 is 9.84 Å². The van der Waals surface area contributed by atoms with Crippen molar-refractivity contribution in [3.63, 3.8) is 0 Å². The second-order valence-corrected chi connectivity index (χ2v) is 4.72. The summed E-state index contributed by atoms with van der Waals surface area (Å²) in [6, 6.07) is 7.76. The summed E-state index contributed by atoms with van der Waals surface area (Å²) in [5.74, 6) is -0.779. The molecule has 0 aliphatic carbocycles. The molecular formula is C14H19NO3. The van der Waals surface area contributed by atoms with E-state index in [9.17, 15) is 4.79 Å². The highest BCUT2D eigenvalue weighted by molar-refractivity contribution is 5.70. The molecule has 18 heavy (non-hydrogen) atoms. The zero-order valence-corrected chi connectivity index (χ0v) is 10.6. The summed E-state index contributed by atoms with van der Waals surface area (Å²) in [6.07, 6.45) is 1.46. The van der Waals surface area contributed by atoms with Gasteiger partial charge in [-0.05, 0) is 17.5 Å². The molecule has 0 amide bonds. The molecule has 4 nitrogen and oxygen atoms in total. The minimum atomic E-state index is -0.779. The lowest BCUT2D eigenvalue weighted by atomic mass is 10.0. The number of nitrogens with zero attached hydrogens (tertiary/aromatic N) is 1. The van der Waals surface area contributed by atoms with Crippen LogP contribution in [-0.2, 0) is 22.5 Å². The Morgan fingerprint density at radius 2 is 2.17 bits per heavy atom. The predicted molar refractivity (Wildman–Crippen MR) is 68.5 cm³/mol. The smallest absolute Gasteiger partial charge is 0.307 e. The van der Waals surface area contributed by atoms with E-state index in [0.717, 1.165) is 37.2 Å². The number of benzene rings is 1. The van der Waals surface area contributed by atoms with Crippen molar-refractivity contribution in [2.24, 2.45) is 0 Å². The van der Waals surface area contributed by atoms with Gasteiger partial charge in [0.15, 0.2) is 0 Å². The monoisotopic (exact) mass is 249 g/mol. The zero-order chi connectivity index (χ0) is 13.0. The number of hydrogen-bond donors (Lipinski definition) is 1. The molecule has 0 radical (unpaired) electrons. The van der Waals surface area contributed by atoms with Crippen LogP contribution in [0.5, 0.6) is 0 Å². The molecule has 1 aliphatic rings. The van der Waals surface area contributed by atoms with Crippen molar-refractivity contribution in [2.45, 2.75) is 25.5 Å². The summed E-state index contributed by atoms with van der Waals surface area (Å²) in [7, 11) is 1.74. The quantitative estimate of drug-likeness (QED) is 0.860. The Balaban J connectivity index is 2.02. The lowest BCUT2D eigenvalue weighted by Crippen LogP contribution is -2.23. The highest BCUT2D eigenvalue weighted by atomic mass is 16.5. The van der Waals surface area contributed by atoms with Crippen LogP contribution < -0.4 is 0 Å². The molecular weight excluding hydrogens is 230 g/mol. The molecule has 2 rings (SSSR count). The Morgan fingerprint density at radius 1 is 1.44 bits per heavy atom. The lowest BCUT2D eigenvalue weighted by Gasteiger charge is -2.17. The summed E-state index contributed by atoms with van der Waals surface area (Å²) in [6.45, 7) is 2.75. The summed E-state index contributed by atoms with van der Waals surface area (Å²) in [5.41, 5.74) is 2.02. The second-order valence-electron chi connectivity index (χ2n) is 4.72. The minimum absolute atomic E-state index is 0.0950. The summed E-state index contributed by atoms with van der Waals surface area (Å²) >= 11 is 0. The molecule has 1 heterocycles. The maximum Gasteiger partial charge on any atom is 0.307 e. The van der Waals surface area contributed by atoms with Gasteiger partial charge in [0.05, 0.1) is 12.5 Å². The van der Waals surface area contributed by atoms with E-state index in [2.05, 4.69) is 4.90 Å². The average Bonchev–Trinajstić information content (AvgIpc) is 2.79. The van der Waals surface area contributed by atoms with E-state index >= 15 is 0 Å². The number of carboxylic acids is 1. The number of carbonyl (C=O) groups is 1. The Morgan fingerprint density at radius 3 is 2.78 bits per heavy atom. The maximum absolute atomic E-state index is 10.8. The van der Waals surface area contributed by atoms with Crippen LogP contribution in [0.15, 0.2) is 24.3 Å². The van der Waals surface area contributed by atoms with Gasteiger partial charge in [-0.15, -0.1) is 0 Å². The Bertz CT molecular complexity index is 419. The van der Waals surface area contributed by atoms with Crippen LogP contribution in [0.2, 0.25) is 0 Å². The van der Waals surface area contributed by atoms with Gasteiger partial charge in [0, 0.05) is 26.7 Å². The van der Waals surface area contributed by atoms with Crippen molar-refractivity contribution < 1.29 is 14.6 Å². The largest absolute Gasteiger partial charge is 0.481 e. The first-order chi connectivity index (χ1) is 8.69. The van der Waals surface area contributed by atoms with E-state index in [-0.39, 0.29) is 6.42 Å².